The fourth-order valence-electron chi connectivity index (χ4n) is 2.63. The molecule has 0 saturated heterocycles. The number of halogens is 3. The predicted molar refractivity (Wildman–Crippen MR) is 83.2 cm³/mol. The SMILES string of the molecule is Cc1cc(Cl)cc2c1OC1OC2Oc2c(Br)cc(Cl)cc21. The predicted octanol–water partition coefficient (Wildman–Crippen LogP) is 5.56. The Morgan fingerprint density at radius 1 is 0.905 bits per heavy atom. The molecule has 2 unspecified atom stereocenters. The van der Waals surface area contributed by atoms with E-state index in [0.29, 0.717) is 15.8 Å². The van der Waals surface area contributed by atoms with Crippen molar-refractivity contribution in [2.75, 3.05) is 0 Å². The second-order valence-electron chi connectivity index (χ2n) is 4.98. The lowest BCUT2D eigenvalue weighted by atomic mass is 10.1. The zero-order chi connectivity index (χ0) is 14.7. The lowest BCUT2D eigenvalue weighted by Crippen LogP contribution is -2.30. The third kappa shape index (κ3) is 2.13. The van der Waals surface area contributed by atoms with Gasteiger partial charge in [0.05, 0.1) is 15.6 Å². The van der Waals surface area contributed by atoms with Crippen LogP contribution in [0.5, 0.6) is 11.5 Å². The van der Waals surface area contributed by atoms with Crippen LogP contribution in [0.25, 0.3) is 0 Å². The molecular weight excluding hydrogens is 379 g/mol. The summed E-state index contributed by atoms with van der Waals surface area (Å²) in [6.07, 6.45) is -1.08. The van der Waals surface area contributed by atoms with Crippen molar-refractivity contribution in [1.82, 2.24) is 0 Å². The molecule has 0 fully saturated rings. The molecule has 2 bridgehead atoms. The smallest absolute Gasteiger partial charge is 0.234 e. The van der Waals surface area contributed by atoms with Crippen LogP contribution in [0.1, 0.15) is 29.3 Å². The van der Waals surface area contributed by atoms with Gasteiger partial charge in [-0.1, -0.05) is 23.2 Å². The van der Waals surface area contributed by atoms with E-state index in [1.165, 1.54) is 0 Å². The van der Waals surface area contributed by atoms with Crippen molar-refractivity contribution >= 4 is 39.1 Å². The highest BCUT2D eigenvalue weighted by Gasteiger charge is 2.39. The molecule has 2 aromatic carbocycles. The van der Waals surface area contributed by atoms with Gasteiger partial charge in [0.25, 0.3) is 0 Å². The normalized spacial score (nSPS) is 21.9. The van der Waals surface area contributed by atoms with Crippen LogP contribution < -0.4 is 9.47 Å². The van der Waals surface area contributed by atoms with Gasteiger partial charge in [0.1, 0.15) is 11.5 Å². The van der Waals surface area contributed by atoms with Crippen LogP contribution in [-0.4, -0.2) is 0 Å². The second-order valence-corrected chi connectivity index (χ2v) is 6.71. The molecule has 0 N–H and O–H groups in total. The molecule has 0 saturated carbocycles. The van der Waals surface area contributed by atoms with E-state index in [1.54, 1.807) is 18.2 Å². The average Bonchev–Trinajstić information content (AvgIpc) is 2.41. The Balaban J connectivity index is 1.89. The number of rotatable bonds is 0. The fraction of sp³-hybridized carbons (Fsp3) is 0.200. The van der Waals surface area contributed by atoms with E-state index in [1.807, 2.05) is 13.0 Å². The molecule has 0 amide bonds. The van der Waals surface area contributed by atoms with Crippen LogP contribution in [-0.2, 0) is 4.74 Å². The van der Waals surface area contributed by atoms with E-state index in [-0.39, 0.29) is 0 Å². The maximum absolute atomic E-state index is 6.12. The Kier molecular flexibility index (Phi) is 3.12. The first kappa shape index (κ1) is 13.7. The molecule has 2 aromatic rings. The number of fused-ring (bicyclic) bond motifs is 6. The van der Waals surface area contributed by atoms with Crippen molar-refractivity contribution in [3.63, 3.8) is 0 Å². The van der Waals surface area contributed by atoms with Crippen LogP contribution in [0, 0.1) is 6.92 Å². The number of ether oxygens (including phenoxy) is 3. The van der Waals surface area contributed by atoms with Gasteiger partial charge in [-0.25, -0.2) is 0 Å². The molecule has 2 aliphatic heterocycles. The lowest BCUT2D eigenvalue weighted by Gasteiger charge is -2.38. The molecule has 0 aliphatic carbocycles. The summed E-state index contributed by atoms with van der Waals surface area (Å²) >= 11 is 15.7. The quantitative estimate of drug-likeness (QED) is 0.591. The van der Waals surface area contributed by atoms with Crippen LogP contribution in [0.2, 0.25) is 10.0 Å². The number of hydrogen-bond acceptors (Lipinski definition) is 3. The summed E-state index contributed by atoms with van der Waals surface area (Å²) in [7, 11) is 0. The largest absolute Gasteiger partial charge is 0.459 e. The highest BCUT2D eigenvalue weighted by molar-refractivity contribution is 9.10. The summed E-state index contributed by atoms with van der Waals surface area (Å²) in [5.41, 5.74) is 2.51. The molecule has 2 heterocycles. The lowest BCUT2D eigenvalue weighted by molar-refractivity contribution is -0.228. The Labute approximate surface area is 139 Å². The van der Waals surface area contributed by atoms with E-state index in [9.17, 15) is 0 Å². The minimum atomic E-state index is -0.541. The average molecular weight is 388 g/mol. The first-order chi connectivity index (χ1) is 10.0. The Morgan fingerprint density at radius 2 is 1.48 bits per heavy atom. The zero-order valence-corrected chi connectivity index (χ0v) is 13.9. The Hall–Kier alpha value is -0.940. The summed E-state index contributed by atoms with van der Waals surface area (Å²) in [5.74, 6) is 1.44. The standard InChI is InChI=1S/C15H9BrCl2O3/c1-6-2-7(17)3-9-12(6)19-15-10-4-8(18)5-11(16)13(10)20-14(9)21-15/h2-5,14-15H,1H3. The molecular formula is C15H9BrCl2O3. The summed E-state index contributed by atoms with van der Waals surface area (Å²) in [4.78, 5) is 0. The molecule has 3 nitrogen and oxygen atoms in total. The van der Waals surface area contributed by atoms with Gasteiger partial charge in [-0.2, -0.15) is 0 Å². The van der Waals surface area contributed by atoms with Gasteiger partial charge >= 0.3 is 0 Å². The molecule has 4 rings (SSSR count). The van der Waals surface area contributed by atoms with Crippen molar-refractivity contribution in [2.24, 2.45) is 0 Å². The van der Waals surface area contributed by atoms with Gasteiger partial charge in [0.2, 0.25) is 12.6 Å². The molecule has 6 heteroatoms. The molecule has 21 heavy (non-hydrogen) atoms. The highest BCUT2D eigenvalue weighted by Crippen LogP contribution is 2.51. The van der Waals surface area contributed by atoms with Crippen molar-refractivity contribution in [1.29, 1.82) is 0 Å². The van der Waals surface area contributed by atoms with Crippen LogP contribution >= 0.6 is 39.1 Å². The number of benzene rings is 2. The number of aryl methyl sites for hydroxylation is 1. The molecule has 2 atom stereocenters. The molecule has 2 aliphatic rings. The Morgan fingerprint density at radius 3 is 2.19 bits per heavy atom. The maximum Gasteiger partial charge on any atom is 0.234 e. The van der Waals surface area contributed by atoms with Gasteiger partial charge in [-0.3, -0.25) is 4.74 Å². The maximum atomic E-state index is 6.12. The van der Waals surface area contributed by atoms with Gasteiger partial charge in [-0.05, 0) is 52.7 Å². The van der Waals surface area contributed by atoms with Gasteiger partial charge < -0.3 is 9.47 Å². The second kappa shape index (κ2) is 4.78. The van der Waals surface area contributed by atoms with Crippen molar-refractivity contribution < 1.29 is 14.2 Å². The highest BCUT2D eigenvalue weighted by atomic mass is 79.9. The van der Waals surface area contributed by atoms with Crippen LogP contribution in [0.15, 0.2) is 28.7 Å². The summed E-state index contributed by atoms with van der Waals surface area (Å²) < 4.78 is 18.5. The van der Waals surface area contributed by atoms with E-state index in [2.05, 4.69) is 15.9 Å². The minimum Gasteiger partial charge on any atom is -0.459 e. The summed E-state index contributed by atoms with van der Waals surface area (Å²) in [6, 6.07) is 7.24. The van der Waals surface area contributed by atoms with Crippen LogP contribution in [0.3, 0.4) is 0 Å². The molecule has 0 spiro atoms. The van der Waals surface area contributed by atoms with E-state index in [0.717, 1.165) is 26.9 Å². The van der Waals surface area contributed by atoms with Gasteiger partial charge in [0, 0.05) is 10.0 Å². The summed E-state index contributed by atoms with van der Waals surface area (Å²) in [6.45, 7) is 1.94. The van der Waals surface area contributed by atoms with Crippen LogP contribution in [0.4, 0.5) is 0 Å². The zero-order valence-electron chi connectivity index (χ0n) is 10.8. The Bertz CT molecular complexity index is 700. The van der Waals surface area contributed by atoms with Crippen molar-refractivity contribution in [3.8, 4) is 11.5 Å². The number of hydrogen-bond donors (Lipinski definition) is 0. The topological polar surface area (TPSA) is 27.7 Å². The third-order valence-corrected chi connectivity index (χ3v) is 4.54. The summed E-state index contributed by atoms with van der Waals surface area (Å²) in [5, 5.41) is 1.22. The van der Waals surface area contributed by atoms with Gasteiger partial charge in [-0.15, -0.1) is 0 Å². The fourth-order valence-corrected chi connectivity index (χ4v) is 3.84. The third-order valence-electron chi connectivity index (χ3n) is 3.51. The first-order valence-electron chi connectivity index (χ1n) is 6.30. The molecule has 0 aromatic heterocycles. The van der Waals surface area contributed by atoms with Crippen molar-refractivity contribution in [3.05, 3.63) is 55.5 Å². The van der Waals surface area contributed by atoms with E-state index >= 15 is 0 Å². The minimum absolute atomic E-state index is 0.541. The van der Waals surface area contributed by atoms with Gasteiger partial charge in [0.15, 0.2) is 0 Å². The van der Waals surface area contributed by atoms with E-state index in [4.69, 9.17) is 37.4 Å². The molecule has 0 radical (unpaired) electrons. The molecule has 108 valence electrons. The first-order valence-corrected chi connectivity index (χ1v) is 7.85. The van der Waals surface area contributed by atoms with Crippen molar-refractivity contribution in [2.45, 2.75) is 19.5 Å². The van der Waals surface area contributed by atoms with E-state index < -0.39 is 12.6 Å². The monoisotopic (exact) mass is 386 g/mol.